The number of aromatic amines is 3. The van der Waals surface area contributed by atoms with Crippen LogP contribution in [0.5, 0.6) is 0 Å². The van der Waals surface area contributed by atoms with E-state index in [1.54, 1.807) is 18.5 Å². The summed E-state index contributed by atoms with van der Waals surface area (Å²) in [5, 5.41) is 31.1. The number of aromatic carboxylic acids is 1. The van der Waals surface area contributed by atoms with Crippen molar-refractivity contribution in [2.24, 2.45) is 0 Å². The summed E-state index contributed by atoms with van der Waals surface area (Å²) >= 11 is 0. The first-order valence-electron chi connectivity index (χ1n) is 27.1. The van der Waals surface area contributed by atoms with E-state index >= 15 is 0 Å². The molecule has 6 N–H and O–H groups in total. The van der Waals surface area contributed by atoms with Gasteiger partial charge in [0.05, 0.1) is 49.0 Å². The zero-order valence-electron chi connectivity index (χ0n) is 47.8. The summed E-state index contributed by atoms with van der Waals surface area (Å²) in [6.07, 6.45) is 9.69. The highest BCUT2D eigenvalue weighted by molar-refractivity contribution is 6.79. The minimum atomic E-state index is -1.88. The Bertz CT molecular complexity index is 4450. The SMILES string of the molecule is C.CC(C)(C)[Si](C)(C)n1cc(-c2cc(CNC(=O)OCc3ccccc3)[nH]n2)c2cccnc21.O=C(NCc1cc(-c2c[nH]c3ncccc23)n[nH]1)c1cccn(Cc2cc(F)c(F)c(F)c2)c1=O.O=C(O)c1cccn(Cc2cc(F)c(F)c(F)c2)c1=O. The summed E-state index contributed by atoms with van der Waals surface area (Å²) in [7, 11) is -1.88. The van der Waals surface area contributed by atoms with Gasteiger partial charge in [0.1, 0.15) is 29.0 Å². The van der Waals surface area contributed by atoms with Crippen molar-refractivity contribution in [3.05, 3.63) is 247 Å². The number of carboxylic acid groups (broad SMARTS) is 1. The highest BCUT2D eigenvalue weighted by Gasteiger charge is 2.39. The third kappa shape index (κ3) is 14.8. The Hall–Kier alpha value is -10.6. The van der Waals surface area contributed by atoms with Gasteiger partial charge in [0, 0.05) is 59.1 Å². The van der Waals surface area contributed by atoms with Crippen LogP contribution in [0.4, 0.5) is 31.1 Å². The summed E-state index contributed by atoms with van der Waals surface area (Å²) in [4.78, 5) is 72.1. The first kappa shape index (κ1) is 64.4. The maximum absolute atomic E-state index is 13.5. The van der Waals surface area contributed by atoms with Crippen molar-refractivity contribution in [1.29, 1.82) is 0 Å². The van der Waals surface area contributed by atoms with Gasteiger partial charge in [-0.1, -0.05) is 71.6 Å². The quantitative estimate of drug-likeness (QED) is 0.0320. The summed E-state index contributed by atoms with van der Waals surface area (Å²) < 4.78 is 88.8. The maximum Gasteiger partial charge on any atom is 0.407 e. The topological polar surface area (TPSA) is 253 Å². The van der Waals surface area contributed by atoms with Crippen LogP contribution in [-0.2, 0) is 37.5 Å². The number of hydrogen-bond acceptors (Lipinski definition) is 10. The highest BCUT2D eigenvalue weighted by Crippen LogP contribution is 2.41. The predicted octanol–water partition coefficient (Wildman–Crippen LogP) is 11.9. The van der Waals surface area contributed by atoms with E-state index in [0.717, 1.165) is 89.6 Å². The lowest BCUT2D eigenvalue weighted by Gasteiger charge is -2.38. The smallest absolute Gasteiger partial charge is 0.407 e. The number of nitrogens with one attached hydrogen (secondary N) is 5. The van der Waals surface area contributed by atoms with Crippen LogP contribution in [0.1, 0.15) is 77.0 Å². The average Bonchev–Trinajstić information content (AvgIpc) is 1.67. The number of carbonyl (C=O) groups excluding carboxylic acids is 2. The van der Waals surface area contributed by atoms with Gasteiger partial charge < -0.3 is 38.8 Å². The molecule has 0 saturated carbocycles. The van der Waals surface area contributed by atoms with Crippen LogP contribution in [0.3, 0.4) is 0 Å². The van der Waals surface area contributed by atoms with Gasteiger partial charge in [0.25, 0.3) is 17.0 Å². The van der Waals surface area contributed by atoms with Crippen molar-refractivity contribution in [2.75, 3.05) is 0 Å². The van der Waals surface area contributed by atoms with E-state index in [0.29, 0.717) is 17.9 Å². The molecule has 8 aromatic heterocycles. The molecule has 0 aliphatic carbocycles. The van der Waals surface area contributed by atoms with Gasteiger partial charge in [-0.25, -0.2) is 45.9 Å². The summed E-state index contributed by atoms with van der Waals surface area (Å²) in [5.41, 5.74) is 5.42. The summed E-state index contributed by atoms with van der Waals surface area (Å²) in [6.45, 7) is 11.7. The molecule has 11 aromatic rings. The normalized spacial score (nSPS) is 11.3. The lowest BCUT2D eigenvalue weighted by Crippen LogP contribution is -2.45. The molecule has 8 heterocycles. The van der Waals surface area contributed by atoms with Gasteiger partial charge in [-0.3, -0.25) is 24.6 Å². The van der Waals surface area contributed by atoms with Crippen molar-refractivity contribution >= 4 is 48.3 Å². The van der Waals surface area contributed by atoms with Gasteiger partial charge in [-0.2, -0.15) is 10.2 Å². The Kier molecular flexibility index (Phi) is 19.8. The number of amides is 2. The first-order chi connectivity index (χ1) is 42.0. The molecule has 0 atom stereocenters. The summed E-state index contributed by atoms with van der Waals surface area (Å²) in [6, 6.07) is 29.5. The molecule has 19 nitrogen and oxygen atoms in total. The van der Waals surface area contributed by atoms with Crippen LogP contribution in [0.25, 0.3) is 44.6 Å². The fraction of sp³-hybridized carbons (Fsp3) is 0.190. The lowest BCUT2D eigenvalue weighted by atomic mass is 10.1. The second-order valence-electron chi connectivity index (χ2n) is 21.6. The molecule has 2 amide bonds. The van der Waals surface area contributed by atoms with Crippen LogP contribution < -0.4 is 21.8 Å². The van der Waals surface area contributed by atoms with Gasteiger partial charge in [0.15, 0.2) is 43.1 Å². The van der Waals surface area contributed by atoms with E-state index in [-0.39, 0.29) is 55.4 Å². The number of ether oxygens (including phenoxy) is 1. The van der Waals surface area contributed by atoms with Crippen molar-refractivity contribution in [3.8, 4) is 22.5 Å². The molecule has 0 spiro atoms. The number of rotatable bonds is 15. The number of halogens is 6. The van der Waals surface area contributed by atoms with Crippen molar-refractivity contribution in [3.63, 3.8) is 0 Å². The fourth-order valence-electron chi connectivity index (χ4n) is 9.06. The predicted molar refractivity (Wildman–Crippen MR) is 324 cm³/mol. The Morgan fingerprint density at radius 2 is 1.15 bits per heavy atom. The number of H-pyrrole nitrogens is 3. The fourth-order valence-corrected chi connectivity index (χ4v) is 10.9. The molecule has 89 heavy (non-hydrogen) atoms. The maximum atomic E-state index is 13.5. The second-order valence-corrected chi connectivity index (χ2v) is 26.7. The Morgan fingerprint density at radius 1 is 0.629 bits per heavy atom. The molecule has 0 fully saturated rings. The third-order valence-corrected chi connectivity index (χ3v) is 19.9. The van der Waals surface area contributed by atoms with Gasteiger partial charge in [-0.05, 0) is 107 Å². The van der Waals surface area contributed by atoms with Crippen LogP contribution in [-0.4, -0.2) is 80.0 Å². The van der Waals surface area contributed by atoms with E-state index in [1.807, 2.05) is 60.8 Å². The summed E-state index contributed by atoms with van der Waals surface area (Å²) in [5.74, 6) is -10.7. The molecule has 11 rings (SSSR count). The molecule has 26 heteroatoms. The zero-order chi connectivity index (χ0) is 63.0. The monoisotopic (exact) mass is 1240 g/mol. The van der Waals surface area contributed by atoms with E-state index in [9.17, 15) is 50.3 Å². The van der Waals surface area contributed by atoms with Crippen molar-refractivity contribution < 1.29 is 50.6 Å². The Balaban J connectivity index is 0.000000178. The number of carboxylic acids is 1. The third-order valence-electron chi connectivity index (χ3n) is 14.6. The molecule has 0 aliphatic rings. The van der Waals surface area contributed by atoms with E-state index in [2.05, 4.69) is 91.4 Å². The Morgan fingerprint density at radius 3 is 1.71 bits per heavy atom. The number of aromatic nitrogens is 10. The number of hydrogen-bond donors (Lipinski definition) is 6. The van der Waals surface area contributed by atoms with E-state index < -0.39 is 77.8 Å². The van der Waals surface area contributed by atoms with Gasteiger partial charge in [0.2, 0.25) is 0 Å². The molecule has 0 radical (unpaired) electrons. The van der Waals surface area contributed by atoms with Gasteiger partial charge >= 0.3 is 12.1 Å². The number of pyridine rings is 4. The number of alkyl carbamates (subject to hydrolysis) is 1. The molecule has 0 saturated heterocycles. The van der Waals surface area contributed by atoms with Crippen LogP contribution >= 0.6 is 0 Å². The van der Waals surface area contributed by atoms with E-state index in [4.69, 9.17) is 14.8 Å². The number of benzene rings is 3. The van der Waals surface area contributed by atoms with Crippen LogP contribution in [0.15, 0.2) is 162 Å². The Labute approximate surface area is 505 Å². The van der Waals surface area contributed by atoms with Crippen LogP contribution in [0, 0.1) is 34.9 Å². The minimum Gasteiger partial charge on any atom is -0.477 e. The van der Waals surface area contributed by atoms with Crippen LogP contribution in [0.2, 0.25) is 18.1 Å². The minimum absolute atomic E-state index is 0. The van der Waals surface area contributed by atoms with Crippen molar-refractivity contribution in [2.45, 2.75) is 79.1 Å². The lowest BCUT2D eigenvalue weighted by molar-refractivity contribution is 0.0693. The molecule has 0 bridgehead atoms. The molecule has 3 aromatic carbocycles. The molecule has 460 valence electrons. The second kappa shape index (κ2) is 27.4. The molecular weight excluding hydrogens is 1180 g/mol. The molecule has 0 unspecified atom stereocenters. The highest BCUT2D eigenvalue weighted by atomic mass is 28.3. The zero-order valence-corrected chi connectivity index (χ0v) is 48.8. The largest absolute Gasteiger partial charge is 0.477 e. The van der Waals surface area contributed by atoms with Gasteiger partial charge in [-0.15, -0.1) is 0 Å². The molecule has 0 aliphatic heterocycles. The number of carbonyl (C=O) groups is 3. The number of nitrogens with zero attached hydrogens (tertiary/aromatic N) is 7. The van der Waals surface area contributed by atoms with E-state index in [1.165, 1.54) is 30.6 Å². The molecular formula is C63H60F6N12O7Si. The average molecular weight is 1240 g/mol. The first-order valence-corrected chi connectivity index (χ1v) is 30.0. The van der Waals surface area contributed by atoms with Crippen molar-refractivity contribution in [1.82, 2.24) is 59.3 Å². The number of fused-ring (bicyclic) bond motifs is 2. The standard InChI is InChI=1S/C25H31N5O2Si.C24H17F3N6O2.C13H8F3NO3.CH4/c1-25(2,3)33(4,5)30-16-21(20-12-9-13-26-23(20)30)22-14-19(28-29-22)15-27-24(31)32-17-18-10-7-6-8-11-18;25-18-7-13(8-19(26)21(18)27)12-33-6-2-4-16(24(33)35)23(34)30-10-14-9-20(32-31-14)17-11-29-22-15(17)3-1-5-28-22;14-9-4-7(5-10(15)11(9)16)6-17-3-1-2-8(12(17)18)13(19)20;/h6-14,16H,15,17H2,1-5H3,(H,27,31)(H,28,29);1-9,11H,10,12H2,(H,28,29)(H,30,34)(H,31,32);1-5H,6H2,(H,19,20);1H4.